The predicted octanol–water partition coefficient (Wildman–Crippen LogP) is 2.82. The van der Waals surface area contributed by atoms with Gasteiger partial charge in [-0.3, -0.25) is 9.80 Å². The molecule has 6 heteroatoms. The molecule has 0 saturated carbocycles. The molecule has 1 aliphatic heterocycles. The fraction of sp³-hybridized carbons (Fsp3) is 0.533. The van der Waals surface area contributed by atoms with E-state index < -0.39 is 12.2 Å². The number of benzene rings is 1. The van der Waals surface area contributed by atoms with Crippen molar-refractivity contribution >= 4 is 0 Å². The van der Waals surface area contributed by atoms with Gasteiger partial charge < -0.3 is 0 Å². The maximum absolute atomic E-state index is 13.4. The van der Waals surface area contributed by atoms with Crippen LogP contribution in [0.3, 0.4) is 0 Å². The minimum Gasteiger partial charge on any atom is -0.300 e. The van der Waals surface area contributed by atoms with Gasteiger partial charge in [0.1, 0.15) is 6.04 Å². The van der Waals surface area contributed by atoms with Crippen LogP contribution in [-0.2, 0) is 0 Å². The lowest BCUT2D eigenvalue weighted by molar-refractivity contribution is -0.190. The number of nitrogens with zero attached hydrogens (tertiary/aromatic N) is 3. The van der Waals surface area contributed by atoms with Crippen molar-refractivity contribution in [3.05, 3.63) is 35.9 Å². The van der Waals surface area contributed by atoms with E-state index in [4.69, 9.17) is 5.26 Å². The van der Waals surface area contributed by atoms with E-state index in [1.807, 2.05) is 4.90 Å². The van der Waals surface area contributed by atoms with Gasteiger partial charge in [0.2, 0.25) is 0 Å². The van der Waals surface area contributed by atoms with Crippen LogP contribution in [0, 0.1) is 11.3 Å². The molecule has 1 aliphatic rings. The van der Waals surface area contributed by atoms with E-state index in [0.717, 1.165) is 0 Å². The molecule has 21 heavy (non-hydrogen) atoms. The van der Waals surface area contributed by atoms with Crippen molar-refractivity contribution in [2.45, 2.75) is 18.6 Å². The molecule has 0 spiro atoms. The van der Waals surface area contributed by atoms with Crippen LogP contribution >= 0.6 is 0 Å². The molecule has 1 fully saturated rings. The van der Waals surface area contributed by atoms with E-state index in [0.29, 0.717) is 39.1 Å². The first kappa shape index (κ1) is 15.8. The van der Waals surface area contributed by atoms with Crippen molar-refractivity contribution in [2.24, 2.45) is 0 Å². The summed E-state index contributed by atoms with van der Waals surface area (Å²) in [5.74, 6) is 0. The van der Waals surface area contributed by atoms with E-state index >= 15 is 0 Å². The van der Waals surface area contributed by atoms with Crippen molar-refractivity contribution < 1.29 is 13.2 Å². The molecule has 0 amide bonds. The van der Waals surface area contributed by atoms with Gasteiger partial charge in [0.05, 0.1) is 6.07 Å². The number of halogens is 3. The van der Waals surface area contributed by atoms with Crippen LogP contribution in [-0.4, -0.2) is 48.7 Å². The second-order valence-electron chi connectivity index (χ2n) is 5.14. The largest absolute Gasteiger partial charge is 0.408 e. The Labute approximate surface area is 122 Å². The molecular weight excluding hydrogens is 279 g/mol. The number of rotatable bonds is 4. The van der Waals surface area contributed by atoms with Crippen molar-refractivity contribution in [2.75, 3.05) is 32.7 Å². The maximum atomic E-state index is 13.4. The smallest absolute Gasteiger partial charge is 0.300 e. The number of piperazine rings is 1. The molecule has 3 nitrogen and oxygen atoms in total. The first-order valence-electron chi connectivity index (χ1n) is 6.97. The Kier molecular flexibility index (Phi) is 5.21. The first-order chi connectivity index (χ1) is 10.0. The molecule has 114 valence electrons. The molecule has 0 aliphatic carbocycles. The normalized spacial score (nSPS) is 19.1. The lowest BCUT2D eigenvalue weighted by Gasteiger charge is -2.39. The van der Waals surface area contributed by atoms with Gasteiger partial charge in [0.25, 0.3) is 0 Å². The second kappa shape index (κ2) is 6.92. The molecule has 0 unspecified atom stereocenters. The molecule has 1 aromatic carbocycles. The highest BCUT2D eigenvalue weighted by atomic mass is 19.4. The van der Waals surface area contributed by atoms with Crippen LogP contribution in [0.1, 0.15) is 18.0 Å². The van der Waals surface area contributed by atoms with E-state index in [1.54, 1.807) is 18.2 Å². The Bertz CT molecular complexity index is 473. The lowest BCUT2D eigenvalue weighted by Crippen LogP contribution is -2.50. The molecule has 0 radical (unpaired) electrons. The summed E-state index contributed by atoms with van der Waals surface area (Å²) >= 11 is 0. The zero-order valence-electron chi connectivity index (χ0n) is 11.7. The van der Waals surface area contributed by atoms with Gasteiger partial charge in [-0.2, -0.15) is 18.4 Å². The topological polar surface area (TPSA) is 30.3 Å². The Morgan fingerprint density at radius 3 is 2.24 bits per heavy atom. The third kappa shape index (κ3) is 4.19. The Balaban J connectivity index is 2.06. The fourth-order valence-electron chi connectivity index (χ4n) is 2.70. The third-order valence-electron chi connectivity index (χ3n) is 3.74. The average molecular weight is 297 g/mol. The van der Waals surface area contributed by atoms with Gasteiger partial charge in [-0.05, 0) is 5.56 Å². The number of alkyl halides is 3. The van der Waals surface area contributed by atoms with Crippen LogP contribution in [0.25, 0.3) is 0 Å². The van der Waals surface area contributed by atoms with Gasteiger partial charge in [-0.15, -0.1) is 0 Å². The van der Waals surface area contributed by atoms with Crippen molar-refractivity contribution in [1.82, 2.24) is 9.80 Å². The van der Waals surface area contributed by atoms with E-state index in [9.17, 15) is 13.2 Å². The van der Waals surface area contributed by atoms with Gasteiger partial charge in [0, 0.05) is 39.1 Å². The average Bonchev–Trinajstić information content (AvgIpc) is 2.46. The molecule has 1 aromatic rings. The molecule has 1 saturated heterocycles. The van der Waals surface area contributed by atoms with Gasteiger partial charge in [-0.25, -0.2) is 0 Å². The summed E-state index contributed by atoms with van der Waals surface area (Å²) in [5, 5.41) is 8.56. The van der Waals surface area contributed by atoms with Gasteiger partial charge in [0.15, 0.2) is 0 Å². The summed E-state index contributed by atoms with van der Waals surface area (Å²) in [7, 11) is 0. The zero-order valence-corrected chi connectivity index (χ0v) is 11.7. The fourth-order valence-corrected chi connectivity index (χ4v) is 2.70. The Morgan fingerprint density at radius 1 is 1.10 bits per heavy atom. The predicted molar refractivity (Wildman–Crippen MR) is 73.5 cm³/mol. The van der Waals surface area contributed by atoms with E-state index in [2.05, 4.69) is 6.07 Å². The van der Waals surface area contributed by atoms with Crippen LogP contribution in [0.2, 0.25) is 0 Å². The molecule has 0 bridgehead atoms. The molecule has 1 atom stereocenters. The summed E-state index contributed by atoms with van der Waals surface area (Å²) in [6.45, 7) is 2.50. The Hall–Kier alpha value is -1.58. The van der Waals surface area contributed by atoms with Crippen molar-refractivity contribution in [3.8, 4) is 6.07 Å². The minimum absolute atomic E-state index is 0.287. The summed E-state index contributed by atoms with van der Waals surface area (Å²) in [6.07, 6.45) is -3.86. The van der Waals surface area contributed by atoms with Crippen molar-refractivity contribution in [3.63, 3.8) is 0 Å². The number of hydrogen-bond donors (Lipinski definition) is 0. The SMILES string of the molecule is N#CCCN1CCN([C@@H](c2ccccc2)C(F)(F)F)CC1. The number of hydrogen-bond acceptors (Lipinski definition) is 3. The van der Waals surface area contributed by atoms with Crippen LogP contribution < -0.4 is 0 Å². The molecule has 2 rings (SSSR count). The zero-order chi connectivity index (χ0) is 15.3. The molecular formula is C15H18F3N3. The maximum Gasteiger partial charge on any atom is 0.408 e. The van der Waals surface area contributed by atoms with Crippen molar-refractivity contribution in [1.29, 1.82) is 5.26 Å². The van der Waals surface area contributed by atoms with Crippen LogP contribution in [0.4, 0.5) is 13.2 Å². The Morgan fingerprint density at radius 2 is 1.71 bits per heavy atom. The number of nitriles is 1. The highest BCUT2D eigenvalue weighted by molar-refractivity contribution is 5.20. The van der Waals surface area contributed by atoms with Gasteiger partial charge >= 0.3 is 6.18 Å². The standard InChI is InChI=1S/C15H18F3N3/c16-15(17,18)14(13-5-2-1-3-6-13)21-11-9-20(10-12-21)8-4-7-19/h1-3,5-6,14H,4,8-12H2/t14-/m0/s1. The lowest BCUT2D eigenvalue weighted by atomic mass is 10.0. The molecule has 0 N–H and O–H groups in total. The summed E-state index contributed by atoms with van der Waals surface area (Å²) in [6, 6.07) is 8.57. The van der Waals surface area contributed by atoms with Crippen LogP contribution in [0.15, 0.2) is 30.3 Å². The van der Waals surface area contributed by atoms with Crippen LogP contribution in [0.5, 0.6) is 0 Å². The summed E-state index contributed by atoms with van der Waals surface area (Å²) in [5.41, 5.74) is 0.287. The van der Waals surface area contributed by atoms with E-state index in [-0.39, 0.29) is 5.56 Å². The quantitative estimate of drug-likeness (QED) is 0.856. The second-order valence-corrected chi connectivity index (χ2v) is 5.14. The minimum atomic E-state index is -4.28. The summed E-state index contributed by atoms with van der Waals surface area (Å²) in [4.78, 5) is 3.52. The first-order valence-corrected chi connectivity index (χ1v) is 6.97. The molecule has 0 aromatic heterocycles. The monoisotopic (exact) mass is 297 g/mol. The summed E-state index contributed by atoms with van der Waals surface area (Å²) < 4.78 is 40.2. The highest BCUT2D eigenvalue weighted by Gasteiger charge is 2.45. The van der Waals surface area contributed by atoms with E-state index in [1.165, 1.54) is 17.0 Å². The molecule has 1 heterocycles. The highest BCUT2D eigenvalue weighted by Crippen LogP contribution is 2.37. The van der Waals surface area contributed by atoms with Gasteiger partial charge in [-0.1, -0.05) is 30.3 Å². The third-order valence-corrected chi connectivity index (χ3v) is 3.74.